The SMILES string of the molecule is O=C(CCBr)Nc1c(F)cccc1F. The maximum atomic E-state index is 13.0. The van der Waals surface area contributed by atoms with E-state index < -0.39 is 23.2 Å². The number of anilines is 1. The van der Waals surface area contributed by atoms with Gasteiger partial charge in [-0.25, -0.2) is 8.78 Å². The summed E-state index contributed by atoms with van der Waals surface area (Å²) in [6.07, 6.45) is 0.174. The molecule has 0 atom stereocenters. The summed E-state index contributed by atoms with van der Waals surface area (Å²) < 4.78 is 26.0. The highest BCUT2D eigenvalue weighted by Gasteiger charge is 2.10. The predicted octanol–water partition coefficient (Wildman–Crippen LogP) is 2.69. The minimum Gasteiger partial charge on any atom is -0.321 e. The third-order valence-corrected chi connectivity index (χ3v) is 1.95. The van der Waals surface area contributed by atoms with Crippen LogP contribution in [0.25, 0.3) is 0 Å². The molecule has 14 heavy (non-hydrogen) atoms. The smallest absolute Gasteiger partial charge is 0.225 e. The average molecular weight is 264 g/mol. The molecule has 1 amide bonds. The highest BCUT2D eigenvalue weighted by molar-refractivity contribution is 9.09. The summed E-state index contributed by atoms with van der Waals surface area (Å²) in [5.74, 6) is -1.97. The molecule has 0 unspecified atom stereocenters. The van der Waals surface area contributed by atoms with E-state index in [1.165, 1.54) is 6.07 Å². The van der Waals surface area contributed by atoms with Gasteiger partial charge in [-0.1, -0.05) is 22.0 Å². The molecule has 0 heterocycles. The van der Waals surface area contributed by atoms with E-state index in [1.807, 2.05) is 0 Å². The summed E-state index contributed by atoms with van der Waals surface area (Å²) in [6, 6.07) is 3.42. The molecule has 0 fully saturated rings. The topological polar surface area (TPSA) is 29.1 Å². The van der Waals surface area contributed by atoms with Gasteiger partial charge in [0.15, 0.2) is 0 Å². The highest BCUT2D eigenvalue weighted by atomic mass is 79.9. The zero-order chi connectivity index (χ0) is 10.6. The Morgan fingerprint density at radius 2 is 1.93 bits per heavy atom. The fraction of sp³-hybridized carbons (Fsp3) is 0.222. The Kier molecular flexibility index (Phi) is 4.00. The first kappa shape index (κ1) is 11.1. The van der Waals surface area contributed by atoms with Gasteiger partial charge in [-0.05, 0) is 12.1 Å². The van der Waals surface area contributed by atoms with Crippen molar-refractivity contribution in [2.75, 3.05) is 10.6 Å². The molecule has 1 N–H and O–H groups in total. The quantitative estimate of drug-likeness (QED) is 0.835. The number of amides is 1. The molecule has 0 spiro atoms. The van der Waals surface area contributed by atoms with Crippen molar-refractivity contribution in [1.82, 2.24) is 0 Å². The number of hydrogen-bond donors (Lipinski definition) is 1. The number of para-hydroxylation sites is 1. The van der Waals surface area contributed by atoms with E-state index in [0.717, 1.165) is 12.1 Å². The Balaban J connectivity index is 2.80. The maximum absolute atomic E-state index is 13.0. The molecule has 0 aliphatic carbocycles. The van der Waals surface area contributed by atoms with Gasteiger partial charge in [0.05, 0.1) is 0 Å². The second-order valence-electron chi connectivity index (χ2n) is 2.58. The number of alkyl halides is 1. The summed E-state index contributed by atoms with van der Waals surface area (Å²) in [5, 5.41) is 2.61. The molecule has 0 bridgehead atoms. The van der Waals surface area contributed by atoms with Crippen molar-refractivity contribution in [2.24, 2.45) is 0 Å². The van der Waals surface area contributed by atoms with E-state index in [9.17, 15) is 13.6 Å². The Hall–Kier alpha value is -0.970. The van der Waals surface area contributed by atoms with Crippen LogP contribution in [-0.4, -0.2) is 11.2 Å². The second-order valence-corrected chi connectivity index (χ2v) is 3.38. The Bertz CT molecular complexity index is 323. The van der Waals surface area contributed by atoms with Crippen molar-refractivity contribution in [3.8, 4) is 0 Å². The van der Waals surface area contributed by atoms with Crippen molar-refractivity contribution in [2.45, 2.75) is 6.42 Å². The summed E-state index contributed by atoms with van der Waals surface area (Å²) in [6.45, 7) is 0. The molecule has 0 aliphatic rings. The Labute approximate surface area is 88.4 Å². The number of carbonyl (C=O) groups is 1. The molecule has 1 aromatic carbocycles. The lowest BCUT2D eigenvalue weighted by molar-refractivity contribution is -0.115. The first-order valence-electron chi connectivity index (χ1n) is 3.95. The molecule has 0 aromatic heterocycles. The second kappa shape index (κ2) is 5.05. The first-order chi connectivity index (χ1) is 6.65. The van der Waals surface area contributed by atoms with Crippen molar-refractivity contribution in [1.29, 1.82) is 0 Å². The van der Waals surface area contributed by atoms with E-state index in [0.29, 0.717) is 5.33 Å². The summed E-state index contributed by atoms with van der Waals surface area (Å²) >= 11 is 3.05. The maximum Gasteiger partial charge on any atom is 0.225 e. The lowest BCUT2D eigenvalue weighted by Crippen LogP contribution is -2.14. The number of halogens is 3. The molecule has 0 saturated heterocycles. The summed E-state index contributed by atoms with van der Waals surface area (Å²) in [4.78, 5) is 11.0. The van der Waals surface area contributed by atoms with Gasteiger partial charge in [0.2, 0.25) is 5.91 Å². The number of nitrogens with one attached hydrogen (secondary N) is 1. The lowest BCUT2D eigenvalue weighted by atomic mass is 10.3. The molecule has 76 valence electrons. The molecule has 1 rings (SSSR count). The number of rotatable bonds is 3. The minimum absolute atomic E-state index is 0.174. The molecule has 0 saturated carbocycles. The van der Waals surface area contributed by atoms with Crippen LogP contribution in [-0.2, 0) is 4.79 Å². The average Bonchev–Trinajstić information content (AvgIpc) is 2.12. The monoisotopic (exact) mass is 263 g/mol. The van der Waals surface area contributed by atoms with E-state index in [-0.39, 0.29) is 6.42 Å². The molecule has 0 aliphatic heterocycles. The van der Waals surface area contributed by atoms with Gasteiger partial charge in [-0.3, -0.25) is 4.79 Å². The van der Waals surface area contributed by atoms with Gasteiger partial charge in [0.1, 0.15) is 17.3 Å². The van der Waals surface area contributed by atoms with Crippen molar-refractivity contribution in [3.63, 3.8) is 0 Å². The first-order valence-corrected chi connectivity index (χ1v) is 5.07. The van der Waals surface area contributed by atoms with Crippen molar-refractivity contribution < 1.29 is 13.6 Å². The van der Waals surface area contributed by atoms with E-state index in [1.54, 1.807) is 0 Å². The largest absolute Gasteiger partial charge is 0.321 e. The number of carbonyl (C=O) groups excluding carboxylic acids is 1. The van der Waals surface area contributed by atoms with Gasteiger partial charge in [-0.2, -0.15) is 0 Å². The lowest BCUT2D eigenvalue weighted by Gasteiger charge is -2.05. The summed E-state index contributed by atoms with van der Waals surface area (Å²) in [5.41, 5.74) is -0.390. The van der Waals surface area contributed by atoms with Crippen LogP contribution in [0.1, 0.15) is 6.42 Å². The summed E-state index contributed by atoms with van der Waals surface area (Å²) in [7, 11) is 0. The van der Waals surface area contributed by atoms with Crippen LogP contribution in [0.2, 0.25) is 0 Å². The Morgan fingerprint density at radius 3 is 2.43 bits per heavy atom. The van der Waals surface area contributed by atoms with Gasteiger partial charge >= 0.3 is 0 Å². The molecule has 0 radical (unpaired) electrons. The zero-order valence-corrected chi connectivity index (χ0v) is 8.77. The van der Waals surface area contributed by atoms with Crippen LogP contribution in [0, 0.1) is 11.6 Å². The van der Waals surface area contributed by atoms with Crippen LogP contribution in [0.3, 0.4) is 0 Å². The van der Waals surface area contributed by atoms with Gasteiger partial charge < -0.3 is 5.32 Å². The predicted molar refractivity (Wildman–Crippen MR) is 53.4 cm³/mol. The third kappa shape index (κ3) is 2.77. The standard InChI is InChI=1S/C9H8BrF2NO/c10-5-4-8(14)13-9-6(11)2-1-3-7(9)12/h1-3H,4-5H2,(H,13,14). The van der Waals surface area contributed by atoms with Crippen LogP contribution in [0.4, 0.5) is 14.5 Å². The van der Waals surface area contributed by atoms with Gasteiger partial charge in [0, 0.05) is 11.8 Å². The fourth-order valence-corrected chi connectivity index (χ4v) is 1.27. The van der Waals surface area contributed by atoms with Crippen molar-refractivity contribution in [3.05, 3.63) is 29.8 Å². The third-order valence-electron chi connectivity index (χ3n) is 1.55. The van der Waals surface area contributed by atoms with E-state index in [4.69, 9.17) is 0 Å². The molecular weight excluding hydrogens is 256 g/mol. The van der Waals surface area contributed by atoms with Crippen LogP contribution in [0.15, 0.2) is 18.2 Å². The fourth-order valence-electron chi connectivity index (χ4n) is 0.905. The minimum atomic E-state index is -0.770. The number of hydrogen-bond acceptors (Lipinski definition) is 1. The zero-order valence-electron chi connectivity index (χ0n) is 7.19. The van der Waals surface area contributed by atoms with E-state index in [2.05, 4.69) is 21.2 Å². The normalized spacial score (nSPS) is 9.93. The highest BCUT2D eigenvalue weighted by Crippen LogP contribution is 2.17. The number of benzene rings is 1. The molecule has 2 nitrogen and oxygen atoms in total. The van der Waals surface area contributed by atoms with Crippen LogP contribution >= 0.6 is 15.9 Å². The van der Waals surface area contributed by atoms with E-state index >= 15 is 0 Å². The van der Waals surface area contributed by atoms with Gasteiger partial charge in [-0.15, -0.1) is 0 Å². The molecule has 5 heteroatoms. The molecule has 1 aromatic rings. The van der Waals surface area contributed by atoms with Gasteiger partial charge in [0.25, 0.3) is 0 Å². The molecular formula is C9H8BrF2NO. The Morgan fingerprint density at radius 1 is 1.36 bits per heavy atom. The van der Waals surface area contributed by atoms with Crippen LogP contribution in [0.5, 0.6) is 0 Å². The van der Waals surface area contributed by atoms with Crippen LogP contribution < -0.4 is 5.32 Å². The van der Waals surface area contributed by atoms with Crippen molar-refractivity contribution >= 4 is 27.5 Å².